The van der Waals surface area contributed by atoms with E-state index in [1.54, 1.807) is 18.2 Å². The molecule has 0 aliphatic carbocycles. The van der Waals surface area contributed by atoms with Crippen molar-refractivity contribution in [3.8, 4) is 0 Å². The van der Waals surface area contributed by atoms with Gasteiger partial charge in [0.2, 0.25) is 5.91 Å². The van der Waals surface area contributed by atoms with E-state index in [0.717, 1.165) is 24.6 Å². The molecule has 1 aliphatic heterocycles. The molecule has 1 saturated heterocycles. The molecule has 1 amide bonds. The Morgan fingerprint density at radius 2 is 2.14 bits per heavy atom. The minimum atomic E-state index is -0.966. The van der Waals surface area contributed by atoms with Gasteiger partial charge in [-0.15, -0.1) is 11.8 Å². The lowest BCUT2D eigenvalue weighted by Gasteiger charge is -2.37. The van der Waals surface area contributed by atoms with Crippen LogP contribution in [0.2, 0.25) is 0 Å². The number of hydrogen-bond donors (Lipinski definition) is 1. The van der Waals surface area contributed by atoms with Crippen LogP contribution in [0.5, 0.6) is 0 Å². The number of carboxylic acids is 1. The first-order chi connectivity index (χ1) is 10.0. The van der Waals surface area contributed by atoms with Crippen LogP contribution in [0.1, 0.15) is 19.8 Å². The Labute approximate surface area is 127 Å². The number of hydrogen-bond acceptors (Lipinski definition) is 3. The number of aliphatic carboxylic acids is 1. The van der Waals surface area contributed by atoms with Crippen molar-refractivity contribution in [1.29, 1.82) is 0 Å². The van der Waals surface area contributed by atoms with Gasteiger partial charge in [-0.2, -0.15) is 0 Å². The molecule has 1 aliphatic rings. The van der Waals surface area contributed by atoms with Gasteiger partial charge in [-0.25, -0.2) is 9.18 Å². The Morgan fingerprint density at radius 3 is 2.81 bits per heavy atom. The molecule has 0 saturated carbocycles. The molecule has 2 rings (SSSR count). The Balaban J connectivity index is 2.02. The molecular formula is C15H18FNO3S. The number of benzene rings is 1. The lowest BCUT2D eigenvalue weighted by Crippen LogP contribution is -2.52. The third kappa shape index (κ3) is 3.75. The Bertz CT molecular complexity index is 537. The van der Waals surface area contributed by atoms with Crippen LogP contribution in [0.25, 0.3) is 0 Å². The van der Waals surface area contributed by atoms with Gasteiger partial charge in [0.25, 0.3) is 0 Å². The van der Waals surface area contributed by atoms with E-state index in [2.05, 4.69) is 0 Å². The highest BCUT2D eigenvalue weighted by atomic mass is 32.2. The van der Waals surface area contributed by atoms with Crippen LogP contribution >= 0.6 is 11.8 Å². The summed E-state index contributed by atoms with van der Waals surface area (Å²) in [6.45, 7) is 2.31. The molecule has 1 fully saturated rings. The maximum Gasteiger partial charge on any atom is 0.326 e. The summed E-state index contributed by atoms with van der Waals surface area (Å²) >= 11 is 1.10. The minimum absolute atomic E-state index is 0.0530. The van der Waals surface area contributed by atoms with E-state index in [4.69, 9.17) is 0 Å². The fourth-order valence-electron chi connectivity index (χ4n) is 2.63. The molecule has 2 unspecified atom stereocenters. The molecule has 1 heterocycles. The van der Waals surface area contributed by atoms with E-state index in [1.165, 1.54) is 11.0 Å². The Kier molecular flexibility index (Phi) is 5.22. The summed E-state index contributed by atoms with van der Waals surface area (Å²) in [6, 6.07) is 5.48. The molecule has 114 valence electrons. The van der Waals surface area contributed by atoms with Crippen molar-refractivity contribution in [2.75, 3.05) is 12.3 Å². The normalized spacial score (nSPS) is 22.1. The summed E-state index contributed by atoms with van der Waals surface area (Å²) in [5.74, 6) is -1.58. The standard InChI is InChI=1S/C15H18FNO3S/c1-10-5-4-8-17(14(10)15(19)20)13(18)9-21-12-7-3-2-6-11(12)16/h2-3,6-7,10,14H,4-5,8-9H2,1H3,(H,19,20). The Hall–Kier alpha value is -1.56. The van der Waals surface area contributed by atoms with Crippen LogP contribution in [-0.2, 0) is 9.59 Å². The average Bonchev–Trinajstić information content (AvgIpc) is 2.45. The molecule has 6 heteroatoms. The van der Waals surface area contributed by atoms with Crippen molar-refractivity contribution < 1.29 is 19.1 Å². The maximum absolute atomic E-state index is 13.5. The highest BCUT2D eigenvalue weighted by Gasteiger charge is 2.36. The summed E-state index contributed by atoms with van der Waals surface area (Å²) in [5.41, 5.74) is 0. The lowest BCUT2D eigenvalue weighted by atomic mass is 9.91. The summed E-state index contributed by atoms with van der Waals surface area (Å²) in [5, 5.41) is 9.30. The summed E-state index contributed by atoms with van der Waals surface area (Å²) < 4.78 is 13.5. The van der Waals surface area contributed by atoms with Crippen LogP contribution in [0.15, 0.2) is 29.2 Å². The number of rotatable bonds is 4. The molecule has 1 aromatic carbocycles. The number of piperidine rings is 1. The van der Waals surface area contributed by atoms with Crippen molar-refractivity contribution in [3.63, 3.8) is 0 Å². The molecule has 0 aromatic heterocycles. The number of halogens is 1. The van der Waals surface area contributed by atoms with Crippen LogP contribution in [-0.4, -0.2) is 40.2 Å². The predicted molar refractivity (Wildman–Crippen MR) is 78.7 cm³/mol. The molecule has 1 N–H and O–H groups in total. The number of carboxylic acid groups (broad SMARTS) is 1. The van der Waals surface area contributed by atoms with Gasteiger partial charge in [-0.3, -0.25) is 4.79 Å². The first-order valence-electron chi connectivity index (χ1n) is 6.90. The third-order valence-corrected chi connectivity index (χ3v) is 4.73. The number of amides is 1. The topological polar surface area (TPSA) is 57.6 Å². The van der Waals surface area contributed by atoms with Crippen molar-refractivity contribution >= 4 is 23.6 Å². The van der Waals surface area contributed by atoms with E-state index in [9.17, 15) is 19.1 Å². The lowest BCUT2D eigenvalue weighted by molar-refractivity contribution is -0.153. The molecule has 2 atom stereocenters. The van der Waals surface area contributed by atoms with Crippen LogP contribution in [0.4, 0.5) is 4.39 Å². The van der Waals surface area contributed by atoms with Gasteiger partial charge in [0.05, 0.1) is 5.75 Å². The number of thioether (sulfide) groups is 1. The number of carbonyl (C=O) groups excluding carboxylic acids is 1. The van der Waals surface area contributed by atoms with Gasteiger partial charge in [0.15, 0.2) is 0 Å². The molecule has 0 radical (unpaired) electrons. The summed E-state index contributed by atoms with van der Waals surface area (Å²) in [6.07, 6.45) is 1.61. The fourth-order valence-corrected chi connectivity index (χ4v) is 3.45. The van der Waals surface area contributed by atoms with Crippen molar-refractivity contribution in [3.05, 3.63) is 30.1 Å². The molecule has 4 nitrogen and oxygen atoms in total. The number of nitrogens with zero attached hydrogens (tertiary/aromatic N) is 1. The predicted octanol–water partition coefficient (Wildman–Crippen LogP) is 2.63. The first kappa shape index (κ1) is 15.8. The second kappa shape index (κ2) is 6.93. The number of likely N-dealkylation sites (tertiary alicyclic amines) is 1. The van der Waals surface area contributed by atoms with Gasteiger partial charge >= 0.3 is 5.97 Å². The van der Waals surface area contributed by atoms with Gasteiger partial charge < -0.3 is 10.0 Å². The molecule has 1 aromatic rings. The quantitative estimate of drug-likeness (QED) is 0.869. The van der Waals surface area contributed by atoms with Crippen LogP contribution in [0, 0.1) is 11.7 Å². The second-order valence-corrected chi connectivity index (χ2v) is 6.23. The highest BCUT2D eigenvalue weighted by molar-refractivity contribution is 8.00. The zero-order valence-electron chi connectivity index (χ0n) is 11.8. The average molecular weight is 311 g/mol. The molecule has 0 bridgehead atoms. The van der Waals surface area contributed by atoms with E-state index in [1.807, 2.05) is 6.92 Å². The van der Waals surface area contributed by atoms with Crippen molar-refractivity contribution in [1.82, 2.24) is 4.90 Å². The SMILES string of the molecule is CC1CCCN(C(=O)CSc2ccccc2F)C1C(=O)O. The van der Waals surface area contributed by atoms with Crippen molar-refractivity contribution in [2.45, 2.75) is 30.7 Å². The Morgan fingerprint density at radius 1 is 1.43 bits per heavy atom. The number of carbonyl (C=O) groups is 2. The fraction of sp³-hybridized carbons (Fsp3) is 0.467. The third-order valence-electron chi connectivity index (χ3n) is 3.69. The van der Waals surface area contributed by atoms with Gasteiger partial charge in [-0.05, 0) is 30.9 Å². The van der Waals surface area contributed by atoms with Crippen LogP contribution < -0.4 is 0 Å². The minimum Gasteiger partial charge on any atom is -0.480 e. The first-order valence-corrected chi connectivity index (χ1v) is 7.89. The molecule has 21 heavy (non-hydrogen) atoms. The van der Waals surface area contributed by atoms with Gasteiger partial charge in [0.1, 0.15) is 11.9 Å². The van der Waals surface area contributed by atoms with E-state index < -0.39 is 12.0 Å². The van der Waals surface area contributed by atoms with E-state index in [-0.39, 0.29) is 23.4 Å². The van der Waals surface area contributed by atoms with Crippen LogP contribution in [0.3, 0.4) is 0 Å². The second-order valence-electron chi connectivity index (χ2n) is 5.21. The zero-order valence-corrected chi connectivity index (χ0v) is 12.6. The summed E-state index contributed by atoms with van der Waals surface area (Å²) in [7, 11) is 0. The molecule has 0 spiro atoms. The zero-order chi connectivity index (χ0) is 15.4. The largest absolute Gasteiger partial charge is 0.480 e. The monoisotopic (exact) mass is 311 g/mol. The van der Waals surface area contributed by atoms with Crippen molar-refractivity contribution in [2.24, 2.45) is 5.92 Å². The maximum atomic E-state index is 13.5. The highest BCUT2D eigenvalue weighted by Crippen LogP contribution is 2.26. The van der Waals surface area contributed by atoms with Gasteiger partial charge in [0, 0.05) is 11.4 Å². The summed E-state index contributed by atoms with van der Waals surface area (Å²) in [4.78, 5) is 25.4. The molecular weight excluding hydrogens is 293 g/mol. The smallest absolute Gasteiger partial charge is 0.326 e. The van der Waals surface area contributed by atoms with Gasteiger partial charge in [-0.1, -0.05) is 19.1 Å². The van der Waals surface area contributed by atoms with E-state index in [0.29, 0.717) is 11.4 Å². The van der Waals surface area contributed by atoms with E-state index >= 15 is 0 Å².